The lowest BCUT2D eigenvalue weighted by Gasteiger charge is -2.46. The van der Waals surface area contributed by atoms with E-state index in [2.05, 4.69) is 0 Å². The molecule has 0 saturated heterocycles. The van der Waals surface area contributed by atoms with Gasteiger partial charge in [0.15, 0.2) is 0 Å². The van der Waals surface area contributed by atoms with Crippen LogP contribution in [0, 0.1) is 6.92 Å². The minimum atomic E-state index is -1.11. The van der Waals surface area contributed by atoms with E-state index in [0.717, 1.165) is 35.5 Å². The molecule has 1 amide bonds. The Morgan fingerprint density at radius 3 is 2.20 bits per heavy atom. The van der Waals surface area contributed by atoms with Crippen molar-refractivity contribution in [2.75, 3.05) is 19.1 Å². The molecule has 11 heteroatoms. The fourth-order valence-corrected chi connectivity index (χ4v) is 7.77. The first-order valence-corrected chi connectivity index (χ1v) is 14.5. The number of carbonyl (C=O) groups excluding carboxylic acids is 4. The number of carbonyl (C=O) groups is 4. The first kappa shape index (κ1) is 29.8. The molecule has 0 saturated carbocycles. The Morgan fingerprint density at radius 2 is 1.68 bits per heavy atom. The van der Waals surface area contributed by atoms with Gasteiger partial charge in [0.1, 0.15) is 9.81 Å². The molecule has 0 bridgehead atoms. The van der Waals surface area contributed by atoms with E-state index in [1.165, 1.54) is 21.1 Å². The maximum Gasteiger partial charge on any atom is 0.346 e. The van der Waals surface area contributed by atoms with Gasteiger partial charge in [-0.2, -0.15) is 0 Å². The van der Waals surface area contributed by atoms with Gasteiger partial charge in [-0.15, -0.1) is 0 Å². The van der Waals surface area contributed by atoms with Gasteiger partial charge in [-0.1, -0.05) is 65.6 Å². The number of benzene rings is 1. The molecule has 210 valence electrons. The largest absolute Gasteiger partial charge is 0.465 e. The molecule has 0 radical (unpaired) electrons. The van der Waals surface area contributed by atoms with Crippen molar-refractivity contribution in [3.8, 4) is 0 Å². The van der Waals surface area contributed by atoms with Crippen molar-refractivity contribution in [2.45, 2.75) is 52.2 Å². The second-order valence-electron chi connectivity index (χ2n) is 9.79. The van der Waals surface area contributed by atoms with Gasteiger partial charge in [0.25, 0.3) is 5.91 Å². The molecule has 0 unspecified atom stereocenters. The van der Waals surface area contributed by atoms with Crippen molar-refractivity contribution < 1.29 is 33.4 Å². The minimum absolute atomic E-state index is 0.113. The van der Waals surface area contributed by atoms with E-state index >= 15 is 0 Å². The fraction of sp³-hybridized carbons (Fsp3) is 0.345. The zero-order valence-electron chi connectivity index (χ0n) is 23.0. The van der Waals surface area contributed by atoms with E-state index in [0.29, 0.717) is 37.9 Å². The van der Waals surface area contributed by atoms with Crippen LogP contribution in [0.4, 0.5) is 5.69 Å². The topological polar surface area (TPSA) is 99.2 Å². The summed E-state index contributed by atoms with van der Waals surface area (Å²) in [5, 5.41) is 0. The quantitative estimate of drug-likeness (QED) is 0.189. The average molecular weight is 600 g/mol. The van der Waals surface area contributed by atoms with Crippen LogP contribution in [0.1, 0.15) is 44.7 Å². The molecule has 1 atom stereocenters. The number of allylic oxidation sites excluding steroid dienone is 3. The first-order chi connectivity index (χ1) is 18.9. The second kappa shape index (κ2) is 11.8. The van der Waals surface area contributed by atoms with Gasteiger partial charge in [0.05, 0.1) is 34.5 Å². The predicted molar refractivity (Wildman–Crippen MR) is 161 cm³/mol. The molecule has 3 aliphatic rings. The summed E-state index contributed by atoms with van der Waals surface area (Å²) in [6, 6.07) is 5.65. The number of thiocarbonyl (C=S) groups is 1. The van der Waals surface area contributed by atoms with Crippen LogP contribution in [0.5, 0.6) is 0 Å². The third-order valence-electron chi connectivity index (χ3n) is 6.66. The Morgan fingerprint density at radius 1 is 1.05 bits per heavy atom. The van der Waals surface area contributed by atoms with Crippen molar-refractivity contribution in [2.24, 2.45) is 0 Å². The van der Waals surface area contributed by atoms with Crippen molar-refractivity contribution in [3.05, 3.63) is 67.2 Å². The zero-order chi connectivity index (χ0) is 29.4. The standard InChI is InChI=1S/C29H29NO7S3/c1-15-12-13-19-18(14-15)20(28-39-22(26(33)35-5)23(40-28)27(34)36-6)24(38)29(3,4)30(19)25(32)21(37-16(2)31)17-10-8-7-9-11-17/h7-8,10,12-14,21H,9,11H2,1-6H3/t21-/m1/s1. The molecule has 40 heavy (non-hydrogen) atoms. The van der Waals surface area contributed by atoms with Gasteiger partial charge in [0, 0.05) is 18.1 Å². The van der Waals surface area contributed by atoms with Crippen LogP contribution in [-0.4, -0.2) is 54.5 Å². The van der Waals surface area contributed by atoms with Gasteiger partial charge in [0.2, 0.25) is 6.10 Å². The number of fused-ring (bicyclic) bond motifs is 1. The smallest absolute Gasteiger partial charge is 0.346 e. The minimum Gasteiger partial charge on any atom is -0.465 e. The number of amides is 1. The number of hydrogen-bond donors (Lipinski definition) is 0. The summed E-state index contributed by atoms with van der Waals surface area (Å²) in [6.45, 7) is 6.86. The van der Waals surface area contributed by atoms with Gasteiger partial charge >= 0.3 is 17.9 Å². The van der Waals surface area contributed by atoms with Crippen LogP contribution in [-0.2, 0) is 33.4 Å². The Hall–Kier alpha value is -3.15. The average Bonchev–Trinajstić information content (AvgIpc) is 3.37. The molecule has 1 aromatic carbocycles. The van der Waals surface area contributed by atoms with Crippen molar-refractivity contribution in [1.82, 2.24) is 0 Å². The molecule has 0 fully saturated rings. The molecule has 4 rings (SSSR count). The Labute approximate surface area is 246 Å². The summed E-state index contributed by atoms with van der Waals surface area (Å²) in [6.07, 6.45) is 5.87. The van der Waals surface area contributed by atoms with Crippen LogP contribution < -0.4 is 4.90 Å². The number of thioether (sulfide) groups is 2. The lowest BCUT2D eigenvalue weighted by molar-refractivity contribution is -0.151. The van der Waals surface area contributed by atoms with Crippen molar-refractivity contribution in [1.29, 1.82) is 0 Å². The van der Waals surface area contributed by atoms with Gasteiger partial charge in [-0.25, -0.2) is 9.59 Å². The fourth-order valence-electron chi connectivity index (χ4n) is 4.74. The number of ether oxygens (including phenoxy) is 3. The van der Waals surface area contributed by atoms with E-state index in [9.17, 15) is 19.2 Å². The highest BCUT2D eigenvalue weighted by Gasteiger charge is 2.48. The third kappa shape index (κ3) is 5.42. The lowest BCUT2D eigenvalue weighted by atomic mass is 9.82. The molecule has 2 heterocycles. The summed E-state index contributed by atoms with van der Waals surface area (Å²) < 4.78 is 16.0. The van der Waals surface area contributed by atoms with Crippen LogP contribution in [0.3, 0.4) is 0 Å². The molecule has 2 aliphatic heterocycles. The van der Waals surface area contributed by atoms with Crippen LogP contribution >= 0.6 is 35.7 Å². The Bertz CT molecular complexity index is 1420. The number of esters is 3. The van der Waals surface area contributed by atoms with E-state index in [1.807, 2.05) is 57.2 Å². The molecule has 1 aliphatic carbocycles. The summed E-state index contributed by atoms with van der Waals surface area (Å²) in [5.41, 5.74) is 2.47. The maximum absolute atomic E-state index is 14.3. The van der Waals surface area contributed by atoms with Crippen LogP contribution in [0.15, 0.2) is 56.0 Å². The van der Waals surface area contributed by atoms with Gasteiger partial charge in [-0.05, 0) is 51.3 Å². The maximum atomic E-state index is 14.3. The highest BCUT2D eigenvalue weighted by molar-refractivity contribution is 8.29. The summed E-state index contributed by atoms with van der Waals surface area (Å²) >= 11 is 8.23. The summed E-state index contributed by atoms with van der Waals surface area (Å²) in [4.78, 5) is 53.8. The first-order valence-electron chi connectivity index (χ1n) is 12.5. The second-order valence-corrected chi connectivity index (χ2v) is 12.5. The SMILES string of the molecule is COC(=O)C1=C(C(=O)OC)SC(=C2C(=S)C(C)(C)N(C(=O)[C@H](OC(C)=O)C3=CC=CCC3)c3ccc(C)cc32)S1. The highest BCUT2D eigenvalue weighted by atomic mass is 32.2. The lowest BCUT2D eigenvalue weighted by Crippen LogP contribution is -2.59. The summed E-state index contributed by atoms with van der Waals surface area (Å²) in [5.74, 6) is -2.29. The predicted octanol–water partition coefficient (Wildman–Crippen LogP) is 5.40. The number of nitrogens with zero attached hydrogens (tertiary/aromatic N) is 1. The van der Waals surface area contributed by atoms with Crippen LogP contribution in [0.25, 0.3) is 5.57 Å². The van der Waals surface area contributed by atoms with Gasteiger partial charge < -0.3 is 14.2 Å². The van der Waals surface area contributed by atoms with E-state index < -0.39 is 35.5 Å². The molecule has 0 aromatic heterocycles. The van der Waals surface area contributed by atoms with Crippen LogP contribution in [0.2, 0.25) is 0 Å². The molecule has 0 N–H and O–H groups in total. The third-order valence-corrected chi connectivity index (χ3v) is 9.92. The monoisotopic (exact) mass is 599 g/mol. The number of anilines is 1. The summed E-state index contributed by atoms with van der Waals surface area (Å²) in [7, 11) is 2.49. The molecule has 0 spiro atoms. The molecular formula is C29H29NO7S3. The van der Waals surface area contributed by atoms with E-state index in [1.54, 1.807) is 4.90 Å². The van der Waals surface area contributed by atoms with Crippen molar-refractivity contribution in [3.63, 3.8) is 0 Å². The highest BCUT2D eigenvalue weighted by Crippen LogP contribution is 2.56. The normalized spacial score (nSPS) is 18.7. The number of hydrogen-bond acceptors (Lipinski definition) is 10. The van der Waals surface area contributed by atoms with E-state index in [-0.39, 0.29) is 9.81 Å². The zero-order valence-corrected chi connectivity index (χ0v) is 25.4. The number of rotatable bonds is 5. The van der Waals surface area contributed by atoms with Gasteiger partial charge in [-0.3, -0.25) is 14.5 Å². The molecule has 8 nitrogen and oxygen atoms in total. The van der Waals surface area contributed by atoms with Crippen molar-refractivity contribution >= 4 is 75.7 Å². The Kier molecular flexibility index (Phi) is 8.77. The number of methoxy groups -OCH3 is 2. The Balaban J connectivity index is 1.89. The molecular weight excluding hydrogens is 571 g/mol. The molecule has 1 aromatic rings. The number of aryl methyl sites for hydroxylation is 1. The van der Waals surface area contributed by atoms with E-state index in [4.69, 9.17) is 26.4 Å².